The number of sulfonamides is 1. The third kappa shape index (κ3) is 7.95. The van der Waals surface area contributed by atoms with Gasteiger partial charge in [0.2, 0.25) is 15.9 Å². The fourth-order valence-corrected chi connectivity index (χ4v) is 4.87. The molecule has 7 nitrogen and oxygen atoms in total. The summed E-state index contributed by atoms with van der Waals surface area (Å²) in [5.74, 6) is 0.803. The molecule has 2 N–H and O–H groups in total. The Morgan fingerprint density at radius 2 is 1.66 bits per heavy atom. The minimum Gasteiger partial charge on any atom is -0.493 e. The molecule has 3 aromatic rings. The molecule has 0 heterocycles. The zero-order valence-corrected chi connectivity index (χ0v) is 21.8. The monoisotopic (exact) mass is 558 g/mol. The molecule has 0 aliphatic heterocycles. The first-order chi connectivity index (χ1) is 16.8. The number of carbonyl (C=O) groups excluding carboxylic acids is 1. The summed E-state index contributed by atoms with van der Waals surface area (Å²) in [4.78, 5) is 12.6. The molecular formula is C26H27BrN2O5S. The molecule has 3 aromatic carbocycles. The predicted molar refractivity (Wildman–Crippen MR) is 140 cm³/mol. The standard InChI is InChI=1S/C26H27BrN2O5S/c1-33-24-14-8-20(17-25(24)34-2)9-15-26(30)28-18-22(16-19-6-4-3-5-7-19)29-35(31,32)23-12-10-21(27)11-13-23/h3-15,17,22,29H,16,18H2,1-2H3,(H,28,30)/b15-9+/t22-/m1/s1. The number of carbonyl (C=O) groups is 1. The Morgan fingerprint density at radius 1 is 0.971 bits per heavy atom. The van der Waals surface area contributed by atoms with E-state index in [2.05, 4.69) is 26.0 Å². The number of amides is 1. The van der Waals surface area contributed by atoms with Crippen LogP contribution in [-0.2, 0) is 21.2 Å². The highest BCUT2D eigenvalue weighted by atomic mass is 79.9. The van der Waals surface area contributed by atoms with Crippen LogP contribution in [0.15, 0.2) is 88.2 Å². The van der Waals surface area contributed by atoms with Crippen LogP contribution >= 0.6 is 15.9 Å². The second-order valence-electron chi connectivity index (χ2n) is 7.65. The minimum absolute atomic E-state index is 0.111. The Hall–Kier alpha value is -3.14. The van der Waals surface area contributed by atoms with Crippen LogP contribution in [0.1, 0.15) is 11.1 Å². The minimum atomic E-state index is -3.78. The van der Waals surface area contributed by atoms with Gasteiger partial charge in [-0.3, -0.25) is 4.79 Å². The zero-order chi connectivity index (χ0) is 25.3. The Morgan fingerprint density at radius 3 is 2.31 bits per heavy atom. The predicted octanol–water partition coefficient (Wildman–Crippen LogP) is 4.19. The average molecular weight is 559 g/mol. The van der Waals surface area contributed by atoms with Crippen molar-refractivity contribution in [1.82, 2.24) is 10.0 Å². The van der Waals surface area contributed by atoms with Crippen LogP contribution in [0.25, 0.3) is 6.08 Å². The van der Waals surface area contributed by atoms with Gasteiger partial charge in [-0.1, -0.05) is 52.3 Å². The number of hydrogen-bond donors (Lipinski definition) is 2. The summed E-state index contributed by atoms with van der Waals surface area (Å²) in [5, 5.41) is 2.79. The second-order valence-corrected chi connectivity index (χ2v) is 10.3. The Balaban J connectivity index is 1.69. The third-order valence-electron chi connectivity index (χ3n) is 5.13. The van der Waals surface area contributed by atoms with Crippen LogP contribution < -0.4 is 19.5 Å². The lowest BCUT2D eigenvalue weighted by Crippen LogP contribution is -2.44. The van der Waals surface area contributed by atoms with Crippen LogP contribution in [0.4, 0.5) is 0 Å². The molecule has 35 heavy (non-hydrogen) atoms. The summed E-state index contributed by atoms with van der Waals surface area (Å²) >= 11 is 3.31. The molecule has 0 aliphatic carbocycles. The molecule has 0 radical (unpaired) electrons. The molecule has 1 atom stereocenters. The van der Waals surface area contributed by atoms with Crippen LogP contribution in [0.3, 0.4) is 0 Å². The van der Waals surface area contributed by atoms with Crippen molar-refractivity contribution in [3.8, 4) is 11.5 Å². The van der Waals surface area contributed by atoms with Gasteiger partial charge in [0, 0.05) is 23.1 Å². The summed E-state index contributed by atoms with van der Waals surface area (Å²) < 4.78 is 39.9. The molecule has 3 rings (SSSR count). The number of hydrogen-bond acceptors (Lipinski definition) is 5. The summed E-state index contributed by atoms with van der Waals surface area (Å²) in [6, 6.07) is 20.6. The number of ether oxygens (including phenoxy) is 2. The van der Waals surface area contributed by atoms with Gasteiger partial charge in [0.1, 0.15) is 0 Å². The summed E-state index contributed by atoms with van der Waals surface area (Å²) in [6.07, 6.45) is 3.45. The first kappa shape index (κ1) is 26.5. The molecular weight excluding hydrogens is 532 g/mol. The van der Waals surface area contributed by atoms with Gasteiger partial charge in [-0.15, -0.1) is 0 Å². The average Bonchev–Trinajstić information content (AvgIpc) is 2.86. The highest BCUT2D eigenvalue weighted by Crippen LogP contribution is 2.27. The van der Waals surface area contributed by atoms with E-state index in [0.717, 1.165) is 15.6 Å². The van der Waals surface area contributed by atoms with E-state index in [0.29, 0.717) is 17.9 Å². The molecule has 9 heteroatoms. The van der Waals surface area contributed by atoms with E-state index < -0.39 is 16.1 Å². The van der Waals surface area contributed by atoms with Crippen LogP contribution in [0.2, 0.25) is 0 Å². The number of rotatable bonds is 11. The molecule has 0 fully saturated rings. The number of benzene rings is 3. The van der Waals surface area contributed by atoms with E-state index in [1.165, 1.54) is 18.2 Å². The SMILES string of the molecule is COc1ccc(/C=C/C(=O)NC[C@@H](Cc2ccccc2)NS(=O)(=O)c2ccc(Br)cc2)cc1OC. The largest absolute Gasteiger partial charge is 0.493 e. The highest BCUT2D eigenvalue weighted by molar-refractivity contribution is 9.10. The van der Waals surface area contributed by atoms with E-state index in [1.54, 1.807) is 50.6 Å². The first-order valence-electron chi connectivity index (χ1n) is 10.8. The smallest absolute Gasteiger partial charge is 0.244 e. The van der Waals surface area contributed by atoms with Crippen molar-refractivity contribution in [1.29, 1.82) is 0 Å². The maximum absolute atomic E-state index is 12.9. The van der Waals surface area contributed by atoms with Gasteiger partial charge in [-0.05, 0) is 60.0 Å². The Kier molecular flexibility index (Phi) is 9.47. The third-order valence-corrected chi connectivity index (χ3v) is 7.19. The lowest BCUT2D eigenvalue weighted by atomic mass is 10.1. The van der Waals surface area contributed by atoms with Crippen molar-refractivity contribution in [3.05, 3.63) is 94.5 Å². The van der Waals surface area contributed by atoms with Crippen molar-refractivity contribution < 1.29 is 22.7 Å². The highest BCUT2D eigenvalue weighted by Gasteiger charge is 2.21. The van der Waals surface area contributed by atoms with Crippen LogP contribution in [0, 0.1) is 0 Å². The van der Waals surface area contributed by atoms with Crippen molar-refractivity contribution in [3.63, 3.8) is 0 Å². The number of halogens is 1. The van der Waals surface area contributed by atoms with E-state index in [1.807, 2.05) is 30.3 Å². The normalized spacial score (nSPS) is 12.3. The van der Waals surface area contributed by atoms with E-state index in [4.69, 9.17) is 9.47 Å². The summed E-state index contributed by atoms with van der Waals surface area (Å²) in [7, 11) is -0.685. The molecule has 0 saturated heterocycles. The van der Waals surface area contributed by atoms with Crippen LogP contribution in [-0.4, -0.2) is 41.1 Å². The van der Waals surface area contributed by atoms with Gasteiger partial charge in [0.15, 0.2) is 11.5 Å². The molecule has 0 saturated carbocycles. The van der Waals surface area contributed by atoms with Gasteiger partial charge in [0.05, 0.1) is 19.1 Å². The quantitative estimate of drug-likeness (QED) is 0.344. The fourth-order valence-electron chi connectivity index (χ4n) is 3.37. The van der Waals surface area contributed by atoms with Gasteiger partial charge in [-0.25, -0.2) is 13.1 Å². The molecule has 184 valence electrons. The molecule has 0 unspecified atom stereocenters. The van der Waals surface area contributed by atoms with E-state index >= 15 is 0 Å². The summed E-state index contributed by atoms with van der Waals surface area (Å²) in [6.45, 7) is 0.111. The van der Waals surface area contributed by atoms with Crippen molar-refractivity contribution in [2.24, 2.45) is 0 Å². The molecule has 0 aliphatic rings. The lowest BCUT2D eigenvalue weighted by molar-refractivity contribution is -0.116. The topological polar surface area (TPSA) is 93.7 Å². The Labute approximate surface area is 214 Å². The number of methoxy groups -OCH3 is 2. The maximum Gasteiger partial charge on any atom is 0.244 e. The van der Waals surface area contributed by atoms with E-state index in [9.17, 15) is 13.2 Å². The van der Waals surface area contributed by atoms with Crippen LogP contribution in [0.5, 0.6) is 11.5 Å². The van der Waals surface area contributed by atoms with Gasteiger partial charge >= 0.3 is 0 Å². The first-order valence-corrected chi connectivity index (χ1v) is 13.1. The van der Waals surface area contributed by atoms with Gasteiger partial charge in [0.25, 0.3) is 0 Å². The van der Waals surface area contributed by atoms with Gasteiger partial charge in [-0.2, -0.15) is 0 Å². The molecule has 0 aromatic heterocycles. The summed E-state index contributed by atoms with van der Waals surface area (Å²) in [5.41, 5.74) is 1.71. The second kappa shape index (κ2) is 12.5. The fraction of sp³-hybridized carbons (Fsp3) is 0.192. The van der Waals surface area contributed by atoms with Gasteiger partial charge < -0.3 is 14.8 Å². The molecule has 0 spiro atoms. The van der Waals surface area contributed by atoms with Crippen molar-refractivity contribution >= 4 is 37.9 Å². The molecule has 1 amide bonds. The molecule has 0 bridgehead atoms. The zero-order valence-electron chi connectivity index (χ0n) is 19.4. The van der Waals surface area contributed by atoms with Crippen molar-refractivity contribution in [2.75, 3.05) is 20.8 Å². The maximum atomic E-state index is 12.9. The lowest BCUT2D eigenvalue weighted by Gasteiger charge is -2.19. The van der Waals surface area contributed by atoms with Crippen molar-refractivity contribution in [2.45, 2.75) is 17.4 Å². The Bertz CT molecular complexity index is 1260. The number of nitrogens with one attached hydrogen (secondary N) is 2. The van der Waals surface area contributed by atoms with E-state index in [-0.39, 0.29) is 17.3 Å².